The molecule has 0 saturated carbocycles. The lowest BCUT2D eigenvalue weighted by Crippen LogP contribution is -2.26. The normalized spacial score (nSPS) is 10.4. The Kier molecular flexibility index (Phi) is 6.57. The summed E-state index contributed by atoms with van der Waals surface area (Å²) in [5.41, 5.74) is 1.72. The van der Waals surface area contributed by atoms with Gasteiger partial charge in [-0.2, -0.15) is 0 Å². The molecule has 0 aliphatic heterocycles. The molecule has 0 saturated heterocycles. The number of anilines is 2. The van der Waals surface area contributed by atoms with Gasteiger partial charge in [0, 0.05) is 22.6 Å². The summed E-state index contributed by atoms with van der Waals surface area (Å²) < 4.78 is 12.9. The van der Waals surface area contributed by atoms with Gasteiger partial charge in [0.15, 0.2) is 5.13 Å². The van der Waals surface area contributed by atoms with Gasteiger partial charge in [-0.25, -0.2) is 14.2 Å². The van der Waals surface area contributed by atoms with Crippen LogP contribution >= 0.6 is 22.9 Å². The highest BCUT2D eigenvalue weighted by Gasteiger charge is 2.12. The summed E-state index contributed by atoms with van der Waals surface area (Å²) in [7, 11) is 0. The number of thiazole rings is 1. The van der Waals surface area contributed by atoms with Crippen molar-refractivity contribution in [3.05, 3.63) is 76.0 Å². The minimum atomic E-state index is -0.532. The largest absolute Gasteiger partial charge is 0.350 e. The lowest BCUT2D eigenvalue weighted by Gasteiger charge is -2.05. The summed E-state index contributed by atoms with van der Waals surface area (Å²) in [5, 5.41) is 10.4. The molecule has 0 spiro atoms. The summed E-state index contributed by atoms with van der Waals surface area (Å²) in [5.74, 6) is -0.713. The van der Waals surface area contributed by atoms with Crippen molar-refractivity contribution >= 4 is 45.7 Å². The maximum absolute atomic E-state index is 12.9. The molecule has 28 heavy (non-hydrogen) atoms. The monoisotopic (exact) mass is 418 g/mol. The molecule has 1 heterocycles. The van der Waals surface area contributed by atoms with Crippen LogP contribution in [0.25, 0.3) is 0 Å². The molecule has 3 aromatic rings. The molecule has 144 valence electrons. The van der Waals surface area contributed by atoms with Crippen molar-refractivity contribution in [1.29, 1.82) is 0 Å². The summed E-state index contributed by atoms with van der Waals surface area (Å²) >= 11 is 6.97. The highest BCUT2D eigenvalue weighted by molar-refractivity contribution is 7.14. The summed E-state index contributed by atoms with van der Waals surface area (Å²) in [6.07, 6.45) is 0.665. The van der Waals surface area contributed by atoms with Crippen LogP contribution in [0.4, 0.5) is 20.0 Å². The molecule has 1 aromatic heterocycles. The van der Waals surface area contributed by atoms with E-state index in [2.05, 4.69) is 20.9 Å². The van der Waals surface area contributed by atoms with Crippen molar-refractivity contribution < 1.29 is 14.0 Å². The lowest BCUT2D eigenvalue weighted by atomic mass is 10.1. The zero-order chi connectivity index (χ0) is 19.9. The van der Waals surface area contributed by atoms with E-state index in [0.717, 1.165) is 16.9 Å². The number of aromatic nitrogens is 1. The Labute approximate surface area is 169 Å². The molecule has 3 N–H and O–H groups in total. The van der Waals surface area contributed by atoms with Crippen LogP contribution in [0.1, 0.15) is 16.1 Å². The van der Waals surface area contributed by atoms with E-state index < -0.39 is 11.8 Å². The average Bonchev–Trinajstić information content (AvgIpc) is 3.13. The molecule has 9 heteroatoms. The maximum atomic E-state index is 12.9. The molecule has 2 aromatic carbocycles. The van der Waals surface area contributed by atoms with E-state index in [1.165, 1.54) is 24.3 Å². The van der Waals surface area contributed by atoms with E-state index in [9.17, 15) is 14.0 Å². The van der Waals surface area contributed by atoms with Crippen LogP contribution in [0.3, 0.4) is 0 Å². The van der Waals surface area contributed by atoms with Gasteiger partial charge in [0.2, 0.25) is 0 Å². The number of nitrogens with one attached hydrogen (secondary N) is 3. The van der Waals surface area contributed by atoms with Crippen LogP contribution in [0.5, 0.6) is 0 Å². The van der Waals surface area contributed by atoms with Gasteiger partial charge in [0.1, 0.15) is 11.5 Å². The molecule has 0 atom stereocenters. The molecule has 0 bridgehead atoms. The van der Waals surface area contributed by atoms with Crippen LogP contribution in [0.15, 0.2) is 53.9 Å². The van der Waals surface area contributed by atoms with Crippen LogP contribution < -0.4 is 16.0 Å². The van der Waals surface area contributed by atoms with E-state index in [0.29, 0.717) is 23.7 Å². The second kappa shape index (κ2) is 9.29. The van der Waals surface area contributed by atoms with E-state index >= 15 is 0 Å². The van der Waals surface area contributed by atoms with Crippen molar-refractivity contribution in [3.63, 3.8) is 0 Å². The van der Waals surface area contributed by atoms with Gasteiger partial charge in [-0.3, -0.25) is 10.1 Å². The highest BCUT2D eigenvalue weighted by atomic mass is 35.5. The Morgan fingerprint density at radius 2 is 1.75 bits per heavy atom. The number of carbonyl (C=O) groups is 2. The first kappa shape index (κ1) is 19.8. The Bertz CT molecular complexity index is 961. The zero-order valence-electron chi connectivity index (χ0n) is 14.5. The standard InChI is InChI=1S/C19H16ClFN4O2S/c20-13-3-1-12(2-4-13)9-10-22-17(26)16-11-28-19(24-16)25-18(27)23-15-7-5-14(21)6-8-15/h1-8,11H,9-10H2,(H,22,26)(H2,23,24,25,27). The Morgan fingerprint density at radius 1 is 1.04 bits per heavy atom. The van der Waals surface area contributed by atoms with Gasteiger partial charge in [0.25, 0.3) is 5.91 Å². The number of rotatable bonds is 6. The molecule has 3 rings (SSSR count). The molecule has 3 amide bonds. The predicted octanol–water partition coefficient (Wildman–Crippen LogP) is 4.55. The number of halogens is 2. The Balaban J connectivity index is 1.47. The van der Waals surface area contributed by atoms with E-state index in [1.54, 1.807) is 17.5 Å². The van der Waals surface area contributed by atoms with Gasteiger partial charge in [-0.05, 0) is 48.4 Å². The topological polar surface area (TPSA) is 83.1 Å². The first-order valence-corrected chi connectivity index (χ1v) is 9.57. The number of nitrogens with zero attached hydrogens (tertiary/aromatic N) is 1. The Hall–Kier alpha value is -2.97. The fourth-order valence-corrected chi connectivity index (χ4v) is 3.10. The third-order valence-electron chi connectivity index (χ3n) is 3.67. The minimum Gasteiger partial charge on any atom is -0.350 e. The molecule has 0 radical (unpaired) electrons. The number of amides is 3. The fourth-order valence-electron chi connectivity index (χ4n) is 2.29. The van der Waals surface area contributed by atoms with Crippen LogP contribution in [0, 0.1) is 5.82 Å². The number of urea groups is 1. The minimum absolute atomic E-state index is 0.221. The van der Waals surface area contributed by atoms with Crippen molar-refractivity contribution in [2.45, 2.75) is 6.42 Å². The SMILES string of the molecule is O=C(Nc1ccc(F)cc1)Nc1nc(C(=O)NCCc2ccc(Cl)cc2)cs1. The van der Waals surface area contributed by atoms with Crippen LogP contribution in [-0.2, 0) is 6.42 Å². The molecule has 0 unspecified atom stereocenters. The second-order valence-electron chi connectivity index (χ2n) is 5.76. The Morgan fingerprint density at radius 3 is 2.46 bits per heavy atom. The van der Waals surface area contributed by atoms with Crippen molar-refractivity contribution in [2.75, 3.05) is 17.2 Å². The quantitative estimate of drug-likeness (QED) is 0.549. The second-order valence-corrected chi connectivity index (χ2v) is 7.05. The van der Waals surface area contributed by atoms with Gasteiger partial charge < -0.3 is 10.6 Å². The van der Waals surface area contributed by atoms with Gasteiger partial charge in [-0.1, -0.05) is 23.7 Å². The smallest absolute Gasteiger partial charge is 0.325 e. The zero-order valence-corrected chi connectivity index (χ0v) is 16.1. The maximum Gasteiger partial charge on any atom is 0.325 e. The fraction of sp³-hybridized carbons (Fsp3) is 0.105. The average molecular weight is 419 g/mol. The third-order valence-corrected chi connectivity index (χ3v) is 4.68. The highest BCUT2D eigenvalue weighted by Crippen LogP contribution is 2.16. The van der Waals surface area contributed by atoms with Crippen LogP contribution in [0.2, 0.25) is 5.02 Å². The van der Waals surface area contributed by atoms with Gasteiger partial charge >= 0.3 is 6.03 Å². The molecule has 6 nitrogen and oxygen atoms in total. The van der Waals surface area contributed by atoms with Gasteiger partial charge in [-0.15, -0.1) is 11.3 Å². The van der Waals surface area contributed by atoms with Crippen molar-refractivity contribution in [2.24, 2.45) is 0 Å². The third kappa shape index (κ3) is 5.77. The molecule has 0 fully saturated rings. The first-order chi connectivity index (χ1) is 13.5. The number of hydrogen-bond donors (Lipinski definition) is 3. The van der Waals surface area contributed by atoms with Gasteiger partial charge in [0.05, 0.1) is 0 Å². The summed E-state index contributed by atoms with van der Waals surface area (Å²) in [6, 6.07) is 12.2. The first-order valence-electron chi connectivity index (χ1n) is 8.31. The van der Waals surface area contributed by atoms with Crippen molar-refractivity contribution in [1.82, 2.24) is 10.3 Å². The van der Waals surface area contributed by atoms with Crippen LogP contribution in [-0.4, -0.2) is 23.5 Å². The summed E-state index contributed by atoms with van der Waals surface area (Å²) in [4.78, 5) is 28.2. The summed E-state index contributed by atoms with van der Waals surface area (Å²) in [6.45, 7) is 0.450. The predicted molar refractivity (Wildman–Crippen MR) is 109 cm³/mol. The molecular formula is C19H16ClFN4O2S. The molecular weight excluding hydrogens is 403 g/mol. The number of hydrogen-bond acceptors (Lipinski definition) is 4. The van der Waals surface area contributed by atoms with E-state index in [4.69, 9.17) is 11.6 Å². The van der Waals surface area contributed by atoms with E-state index in [-0.39, 0.29) is 16.7 Å². The molecule has 0 aliphatic rings. The van der Waals surface area contributed by atoms with Crippen molar-refractivity contribution in [3.8, 4) is 0 Å². The van der Waals surface area contributed by atoms with E-state index in [1.807, 2.05) is 12.1 Å². The number of benzene rings is 2. The molecule has 0 aliphatic carbocycles. The lowest BCUT2D eigenvalue weighted by molar-refractivity contribution is 0.0950. The number of carbonyl (C=O) groups excluding carboxylic acids is 2.